The first kappa shape index (κ1) is 21.0. The number of Topliss-reactive ketones (excluding diaryl/α,β-unsaturated/α-hetero) is 1. The van der Waals surface area contributed by atoms with E-state index in [0.717, 1.165) is 17.9 Å². The van der Waals surface area contributed by atoms with E-state index in [1.165, 1.54) is 31.2 Å². The van der Waals surface area contributed by atoms with Crippen molar-refractivity contribution in [2.45, 2.75) is 78.4 Å². The molecule has 1 N–H and O–H groups in total. The highest BCUT2D eigenvalue weighted by Crippen LogP contribution is 2.26. The number of carbonyl (C=O) groups is 1. The largest absolute Gasteiger partial charge is 0.490 e. The summed E-state index contributed by atoms with van der Waals surface area (Å²) in [6.45, 7) is 7.81. The lowest BCUT2D eigenvalue weighted by Crippen LogP contribution is -2.13. The minimum absolute atomic E-state index is 0.269. The second-order valence-corrected chi connectivity index (χ2v) is 7.02. The van der Waals surface area contributed by atoms with Gasteiger partial charge in [-0.15, -0.1) is 0 Å². The Morgan fingerprint density at radius 2 is 2.04 bits per heavy atom. The third-order valence-corrected chi connectivity index (χ3v) is 5.01. The summed E-state index contributed by atoms with van der Waals surface area (Å²) >= 11 is 1.69. The van der Waals surface area contributed by atoms with Gasteiger partial charge in [0.2, 0.25) is 0 Å². The van der Waals surface area contributed by atoms with Gasteiger partial charge in [-0.2, -0.15) is 0 Å². The minimum Gasteiger partial charge on any atom is -0.490 e. The van der Waals surface area contributed by atoms with E-state index in [0.29, 0.717) is 12.5 Å². The molecule has 24 heavy (non-hydrogen) atoms. The van der Waals surface area contributed by atoms with Gasteiger partial charge in [-0.25, -0.2) is 0 Å². The van der Waals surface area contributed by atoms with Gasteiger partial charge in [0.15, 0.2) is 0 Å². The summed E-state index contributed by atoms with van der Waals surface area (Å²) in [6.07, 6.45) is 6.96. The van der Waals surface area contributed by atoms with Crippen molar-refractivity contribution in [2.75, 3.05) is 5.75 Å². The van der Waals surface area contributed by atoms with Gasteiger partial charge in [0.25, 0.3) is 0 Å². The molecule has 0 radical (unpaired) electrons. The Morgan fingerprint density at radius 1 is 1.33 bits per heavy atom. The van der Waals surface area contributed by atoms with Crippen LogP contribution in [-0.2, 0) is 4.79 Å². The Balaban J connectivity index is 0.00000139. The Hall–Kier alpha value is -1.00. The highest BCUT2D eigenvalue weighted by molar-refractivity contribution is 7.97. The van der Waals surface area contributed by atoms with E-state index < -0.39 is 0 Å². The number of rotatable bonds is 9. The van der Waals surface area contributed by atoms with Gasteiger partial charge in [-0.05, 0) is 63.6 Å². The van der Waals surface area contributed by atoms with Crippen LogP contribution in [0.5, 0.6) is 5.75 Å². The minimum atomic E-state index is 0.269. The van der Waals surface area contributed by atoms with Crippen LogP contribution in [0, 0.1) is 0 Å². The van der Waals surface area contributed by atoms with Crippen molar-refractivity contribution in [2.24, 2.45) is 0 Å². The normalized spacial score (nSPS) is 15.5. The zero-order valence-electron chi connectivity index (χ0n) is 15.6. The first-order valence-corrected chi connectivity index (χ1v) is 10.3. The molecular formula is C20H33NO2S. The van der Waals surface area contributed by atoms with Gasteiger partial charge in [-0.1, -0.05) is 37.9 Å². The molecule has 1 saturated carbocycles. The predicted molar refractivity (Wildman–Crippen MR) is 105 cm³/mol. The maximum Gasteiger partial charge on any atom is 0.129 e. The van der Waals surface area contributed by atoms with Gasteiger partial charge in [0.05, 0.1) is 6.10 Å². The van der Waals surface area contributed by atoms with Crippen molar-refractivity contribution in [1.29, 1.82) is 0 Å². The van der Waals surface area contributed by atoms with Crippen molar-refractivity contribution in [3.8, 4) is 5.75 Å². The lowest BCUT2D eigenvalue weighted by atomic mass is 10.1. The van der Waals surface area contributed by atoms with E-state index in [2.05, 4.69) is 35.9 Å². The molecule has 1 unspecified atom stereocenters. The molecule has 0 aliphatic heterocycles. The summed E-state index contributed by atoms with van der Waals surface area (Å²) in [7, 11) is 0. The Labute approximate surface area is 152 Å². The highest BCUT2D eigenvalue weighted by atomic mass is 32.2. The van der Waals surface area contributed by atoms with Crippen molar-refractivity contribution >= 4 is 17.7 Å². The fourth-order valence-electron chi connectivity index (χ4n) is 2.70. The summed E-state index contributed by atoms with van der Waals surface area (Å²) in [5, 5.41) is 0. The van der Waals surface area contributed by atoms with E-state index >= 15 is 0 Å². The number of hydrogen-bond donors (Lipinski definition) is 1. The molecule has 1 atom stereocenters. The fraction of sp³-hybridized carbons (Fsp3) is 0.650. The van der Waals surface area contributed by atoms with E-state index in [4.69, 9.17) is 4.74 Å². The summed E-state index contributed by atoms with van der Waals surface area (Å²) < 4.78 is 9.51. The average Bonchev–Trinajstić information content (AvgIpc) is 3.09. The van der Waals surface area contributed by atoms with Gasteiger partial charge in [0, 0.05) is 18.2 Å². The van der Waals surface area contributed by atoms with Crippen molar-refractivity contribution in [3.63, 3.8) is 0 Å². The molecule has 1 aliphatic rings. The molecule has 2 rings (SSSR count). The van der Waals surface area contributed by atoms with E-state index in [1.54, 1.807) is 18.9 Å². The summed E-state index contributed by atoms with van der Waals surface area (Å²) in [5.74, 6) is 2.22. The van der Waals surface area contributed by atoms with Crippen LogP contribution in [0.2, 0.25) is 0 Å². The summed E-state index contributed by atoms with van der Waals surface area (Å²) in [6, 6.07) is 8.67. The highest BCUT2D eigenvalue weighted by Gasteiger charge is 2.16. The quantitative estimate of drug-likeness (QED) is 0.457. The molecule has 0 aromatic heterocycles. The maximum absolute atomic E-state index is 10.9. The third kappa shape index (κ3) is 8.20. The number of carbonyl (C=O) groups excluding carboxylic acids is 1. The second kappa shape index (κ2) is 12.4. The fourth-order valence-corrected chi connectivity index (χ4v) is 3.49. The predicted octanol–water partition coefficient (Wildman–Crippen LogP) is 5.70. The van der Waals surface area contributed by atoms with Gasteiger partial charge in [0.1, 0.15) is 11.5 Å². The molecule has 1 aliphatic carbocycles. The van der Waals surface area contributed by atoms with Gasteiger partial charge in [-0.3, -0.25) is 4.72 Å². The molecule has 4 heteroatoms. The molecule has 1 fully saturated rings. The van der Waals surface area contributed by atoms with Crippen LogP contribution in [0.1, 0.15) is 77.8 Å². The number of ketones is 1. The van der Waals surface area contributed by atoms with E-state index in [-0.39, 0.29) is 11.8 Å². The van der Waals surface area contributed by atoms with E-state index in [1.807, 2.05) is 13.8 Å². The van der Waals surface area contributed by atoms with Crippen molar-refractivity contribution in [3.05, 3.63) is 29.8 Å². The molecule has 136 valence electrons. The molecule has 0 bridgehead atoms. The van der Waals surface area contributed by atoms with Crippen LogP contribution in [0.3, 0.4) is 0 Å². The SMILES string of the molecule is CC.CC(=O)CCCSNC(C)c1cccc(OC2CCCC2)c1. The monoisotopic (exact) mass is 351 g/mol. The topological polar surface area (TPSA) is 38.3 Å². The molecule has 0 heterocycles. The van der Waals surface area contributed by atoms with Gasteiger partial charge < -0.3 is 9.53 Å². The second-order valence-electron chi connectivity index (χ2n) is 6.09. The Morgan fingerprint density at radius 3 is 2.71 bits per heavy atom. The number of hydrogen-bond acceptors (Lipinski definition) is 4. The lowest BCUT2D eigenvalue weighted by Gasteiger charge is -2.17. The van der Waals surface area contributed by atoms with Crippen LogP contribution in [0.25, 0.3) is 0 Å². The van der Waals surface area contributed by atoms with Crippen molar-refractivity contribution in [1.82, 2.24) is 4.72 Å². The first-order valence-electron chi connectivity index (χ1n) is 9.28. The number of benzene rings is 1. The zero-order chi connectivity index (χ0) is 17.8. The van der Waals surface area contributed by atoms with Crippen LogP contribution >= 0.6 is 11.9 Å². The zero-order valence-corrected chi connectivity index (χ0v) is 16.5. The van der Waals surface area contributed by atoms with Gasteiger partial charge >= 0.3 is 0 Å². The molecule has 0 amide bonds. The first-order chi connectivity index (χ1) is 11.6. The Bertz CT molecular complexity index is 472. The van der Waals surface area contributed by atoms with Crippen LogP contribution in [-0.4, -0.2) is 17.6 Å². The molecule has 1 aromatic carbocycles. The Kier molecular flexibility index (Phi) is 10.9. The molecule has 0 spiro atoms. The van der Waals surface area contributed by atoms with Crippen LogP contribution in [0.15, 0.2) is 24.3 Å². The molecule has 0 saturated heterocycles. The molecule has 3 nitrogen and oxygen atoms in total. The lowest BCUT2D eigenvalue weighted by molar-refractivity contribution is -0.117. The summed E-state index contributed by atoms with van der Waals surface area (Å²) in [5.41, 5.74) is 1.24. The van der Waals surface area contributed by atoms with Crippen LogP contribution in [0.4, 0.5) is 0 Å². The molecular weight excluding hydrogens is 318 g/mol. The number of nitrogens with one attached hydrogen (secondary N) is 1. The van der Waals surface area contributed by atoms with Crippen molar-refractivity contribution < 1.29 is 9.53 Å². The maximum atomic E-state index is 10.9. The summed E-state index contributed by atoms with van der Waals surface area (Å²) in [4.78, 5) is 10.9. The van der Waals surface area contributed by atoms with E-state index in [9.17, 15) is 4.79 Å². The third-order valence-electron chi connectivity index (χ3n) is 4.00. The smallest absolute Gasteiger partial charge is 0.129 e. The average molecular weight is 352 g/mol. The molecule has 1 aromatic rings. The number of ether oxygens (including phenoxy) is 1. The standard InChI is InChI=1S/C18H27NO2S.C2H6/c1-14(20)7-6-12-22-19-15(2)16-8-5-11-18(13-16)21-17-9-3-4-10-17;1-2/h5,8,11,13,15,17,19H,3-4,6-7,9-10,12H2,1-2H3;1-2H3. The van der Waals surface area contributed by atoms with Crippen LogP contribution < -0.4 is 9.46 Å².